The standard InChI is InChI=1S/C8H15NS/c1-6-4-7-2-3-8(5-6)9(7)10/h6-8,10H,2-5H2,1H3/t6?,7-,8+. The fraction of sp³-hybridized carbons (Fsp3) is 1.00. The molecule has 58 valence electrons. The number of fused-ring (bicyclic) bond motifs is 2. The first-order valence-electron chi connectivity index (χ1n) is 4.24. The fourth-order valence-electron chi connectivity index (χ4n) is 2.42. The molecule has 2 heteroatoms. The van der Waals surface area contributed by atoms with E-state index in [0.29, 0.717) is 0 Å². The van der Waals surface area contributed by atoms with E-state index in [1.165, 1.54) is 25.7 Å². The van der Waals surface area contributed by atoms with E-state index in [1.54, 1.807) is 0 Å². The molecule has 2 bridgehead atoms. The summed E-state index contributed by atoms with van der Waals surface area (Å²) in [6.07, 6.45) is 5.52. The van der Waals surface area contributed by atoms with Crippen LogP contribution in [0.25, 0.3) is 0 Å². The molecule has 2 saturated heterocycles. The summed E-state index contributed by atoms with van der Waals surface area (Å²) in [4.78, 5) is 0. The summed E-state index contributed by atoms with van der Waals surface area (Å²) in [7, 11) is 0. The molecule has 0 aromatic heterocycles. The Morgan fingerprint density at radius 3 is 2.20 bits per heavy atom. The fourth-order valence-corrected chi connectivity index (χ4v) is 2.84. The van der Waals surface area contributed by atoms with Crippen molar-refractivity contribution in [2.75, 3.05) is 0 Å². The van der Waals surface area contributed by atoms with Gasteiger partial charge in [0.1, 0.15) is 0 Å². The van der Waals surface area contributed by atoms with E-state index in [4.69, 9.17) is 0 Å². The van der Waals surface area contributed by atoms with Gasteiger partial charge in [0.15, 0.2) is 0 Å². The second kappa shape index (κ2) is 2.42. The highest BCUT2D eigenvalue weighted by Crippen LogP contribution is 2.39. The van der Waals surface area contributed by atoms with Gasteiger partial charge in [-0.05, 0) is 31.6 Å². The van der Waals surface area contributed by atoms with Crippen molar-refractivity contribution in [2.45, 2.75) is 44.7 Å². The van der Waals surface area contributed by atoms with Gasteiger partial charge in [-0.1, -0.05) is 19.7 Å². The lowest BCUT2D eigenvalue weighted by Gasteiger charge is -2.33. The van der Waals surface area contributed by atoms with Crippen LogP contribution in [-0.2, 0) is 0 Å². The average molecular weight is 157 g/mol. The molecule has 1 unspecified atom stereocenters. The van der Waals surface area contributed by atoms with Crippen molar-refractivity contribution in [3.05, 3.63) is 0 Å². The maximum Gasteiger partial charge on any atom is 0.0206 e. The van der Waals surface area contributed by atoms with Crippen LogP contribution < -0.4 is 0 Å². The molecule has 0 saturated carbocycles. The average Bonchev–Trinajstić information content (AvgIpc) is 2.20. The molecule has 0 aliphatic carbocycles. The molecule has 0 aromatic rings. The first-order chi connectivity index (χ1) is 4.77. The maximum absolute atomic E-state index is 4.49. The molecule has 0 aromatic carbocycles. The van der Waals surface area contributed by atoms with Gasteiger partial charge in [-0.25, -0.2) is 4.31 Å². The van der Waals surface area contributed by atoms with Gasteiger partial charge in [0.05, 0.1) is 0 Å². The van der Waals surface area contributed by atoms with Crippen molar-refractivity contribution in [2.24, 2.45) is 5.92 Å². The molecule has 2 rings (SSSR count). The van der Waals surface area contributed by atoms with Crippen molar-refractivity contribution in [3.8, 4) is 0 Å². The Bertz CT molecular complexity index is 123. The van der Waals surface area contributed by atoms with Crippen LogP contribution in [0.5, 0.6) is 0 Å². The Labute approximate surface area is 68.3 Å². The van der Waals surface area contributed by atoms with Crippen LogP contribution in [0.1, 0.15) is 32.6 Å². The summed E-state index contributed by atoms with van der Waals surface area (Å²) < 4.78 is 2.29. The maximum atomic E-state index is 4.49. The number of hydrogen-bond donors (Lipinski definition) is 1. The lowest BCUT2D eigenvalue weighted by molar-refractivity contribution is 0.219. The van der Waals surface area contributed by atoms with Crippen LogP contribution in [0.2, 0.25) is 0 Å². The minimum absolute atomic E-state index is 0.803. The van der Waals surface area contributed by atoms with Crippen LogP contribution in [0.15, 0.2) is 0 Å². The minimum Gasteiger partial charge on any atom is -0.247 e. The quantitative estimate of drug-likeness (QED) is 0.527. The number of thiol groups is 1. The zero-order valence-electron chi connectivity index (χ0n) is 6.45. The summed E-state index contributed by atoms with van der Waals surface area (Å²) in [5.41, 5.74) is 0. The summed E-state index contributed by atoms with van der Waals surface area (Å²) >= 11 is 4.49. The normalized spacial score (nSPS) is 48.0. The van der Waals surface area contributed by atoms with Gasteiger partial charge in [0.2, 0.25) is 0 Å². The Kier molecular flexibility index (Phi) is 1.69. The van der Waals surface area contributed by atoms with Gasteiger partial charge in [-0.3, -0.25) is 0 Å². The van der Waals surface area contributed by atoms with Gasteiger partial charge in [0, 0.05) is 12.1 Å². The van der Waals surface area contributed by atoms with Crippen LogP contribution in [0.3, 0.4) is 0 Å². The third-order valence-corrected chi connectivity index (χ3v) is 3.58. The van der Waals surface area contributed by atoms with E-state index in [2.05, 4.69) is 24.0 Å². The van der Waals surface area contributed by atoms with E-state index in [9.17, 15) is 0 Å². The number of nitrogens with zero attached hydrogens (tertiary/aromatic N) is 1. The van der Waals surface area contributed by atoms with E-state index in [1.807, 2.05) is 0 Å². The molecule has 0 amide bonds. The van der Waals surface area contributed by atoms with Crippen molar-refractivity contribution in [3.63, 3.8) is 0 Å². The summed E-state index contributed by atoms with van der Waals surface area (Å²) in [6, 6.07) is 1.61. The summed E-state index contributed by atoms with van der Waals surface area (Å²) in [5, 5.41) is 0. The van der Waals surface area contributed by atoms with E-state index in [-0.39, 0.29) is 0 Å². The molecule has 2 fully saturated rings. The van der Waals surface area contributed by atoms with Crippen LogP contribution >= 0.6 is 12.8 Å². The predicted molar refractivity (Wildman–Crippen MR) is 46.0 cm³/mol. The highest BCUT2D eigenvalue weighted by molar-refractivity contribution is 7.77. The van der Waals surface area contributed by atoms with Gasteiger partial charge in [-0.15, -0.1) is 0 Å². The lowest BCUT2D eigenvalue weighted by Crippen LogP contribution is -2.35. The molecule has 0 radical (unpaired) electrons. The Morgan fingerprint density at radius 2 is 1.70 bits per heavy atom. The first-order valence-corrected chi connectivity index (χ1v) is 4.64. The van der Waals surface area contributed by atoms with Crippen molar-refractivity contribution in [1.82, 2.24) is 4.31 Å². The van der Waals surface area contributed by atoms with Crippen LogP contribution in [-0.4, -0.2) is 16.4 Å². The second-order valence-electron chi connectivity index (χ2n) is 3.84. The molecule has 0 N–H and O–H groups in total. The molecular weight excluding hydrogens is 142 g/mol. The highest BCUT2D eigenvalue weighted by Gasteiger charge is 2.37. The van der Waals surface area contributed by atoms with Gasteiger partial charge in [-0.2, -0.15) is 0 Å². The third-order valence-electron chi connectivity index (χ3n) is 2.93. The molecule has 0 spiro atoms. The van der Waals surface area contributed by atoms with Gasteiger partial charge in [0.25, 0.3) is 0 Å². The Hall–Kier alpha value is 0.310. The summed E-state index contributed by atoms with van der Waals surface area (Å²) in [6.45, 7) is 2.37. The molecule has 1 nitrogen and oxygen atoms in total. The molecular formula is C8H15NS. The van der Waals surface area contributed by atoms with Crippen molar-refractivity contribution in [1.29, 1.82) is 0 Å². The monoisotopic (exact) mass is 157 g/mol. The molecule has 2 aliphatic rings. The topological polar surface area (TPSA) is 3.24 Å². The third kappa shape index (κ3) is 0.978. The highest BCUT2D eigenvalue weighted by atomic mass is 32.1. The van der Waals surface area contributed by atoms with E-state index < -0.39 is 0 Å². The van der Waals surface area contributed by atoms with E-state index >= 15 is 0 Å². The van der Waals surface area contributed by atoms with E-state index in [0.717, 1.165) is 18.0 Å². The molecule has 10 heavy (non-hydrogen) atoms. The molecule has 2 aliphatic heterocycles. The van der Waals surface area contributed by atoms with Gasteiger partial charge >= 0.3 is 0 Å². The smallest absolute Gasteiger partial charge is 0.0206 e. The predicted octanol–water partition coefficient (Wildman–Crippen LogP) is 2.09. The van der Waals surface area contributed by atoms with Crippen LogP contribution in [0.4, 0.5) is 0 Å². The number of piperidine rings is 1. The van der Waals surface area contributed by atoms with Gasteiger partial charge < -0.3 is 0 Å². The molecule has 3 atom stereocenters. The molecule has 2 heterocycles. The lowest BCUT2D eigenvalue weighted by atomic mass is 9.94. The van der Waals surface area contributed by atoms with Crippen molar-refractivity contribution >= 4 is 12.8 Å². The largest absolute Gasteiger partial charge is 0.247 e. The zero-order chi connectivity index (χ0) is 7.14. The van der Waals surface area contributed by atoms with Crippen molar-refractivity contribution < 1.29 is 0 Å². The number of hydrogen-bond acceptors (Lipinski definition) is 2. The summed E-state index contributed by atoms with van der Waals surface area (Å²) in [5.74, 6) is 0.945. The Balaban J connectivity index is 2.09. The minimum atomic E-state index is 0.803. The second-order valence-corrected chi connectivity index (χ2v) is 4.30. The Morgan fingerprint density at radius 1 is 1.20 bits per heavy atom. The SMILES string of the molecule is CC1C[C@H]2CC[C@@H](C1)N2S. The first kappa shape index (κ1) is 6.99. The zero-order valence-corrected chi connectivity index (χ0v) is 7.35. The van der Waals surface area contributed by atoms with Crippen LogP contribution in [0, 0.1) is 5.92 Å². The number of rotatable bonds is 0.